The van der Waals surface area contributed by atoms with Crippen molar-refractivity contribution in [3.8, 4) is 0 Å². The molecule has 1 aliphatic rings. The van der Waals surface area contributed by atoms with Gasteiger partial charge in [-0.05, 0) is 12.3 Å². The molecule has 3 N–H and O–H groups in total. The smallest absolute Gasteiger partial charge is 0.233 e. The number of rotatable bonds is 3. The summed E-state index contributed by atoms with van der Waals surface area (Å²) in [5, 5.41) is 0. The first-order valence-electron chi connectivity index (χ1n) is 4.32. The van der Waals surface area contributed by atoms with Gasteiger partial charge in [-0.25, -0.2) is 5.84 Å². The molecule has 1 fully saturated rings. The number of hydrogen-bond donors (Lipinski definition) is 2. The zero-order valence-electron chi connectivity index (χ0n) is 6.81. The lowest BCUT2D eigenvalue weighted by molar-refractivity contribution is -0.121. The Balaban J connectivity index is 2.06. The van der Waals surface area contributed by atoms with Gasteiger partial charge in [0.1, 0.15) is 0 Å². The molecule has 64 valence electrons. The summed E-state index contributed by atoms with van der Waals surface area (Å²) in [5.74, 6) is 5.71. The second-order valence-electron chi connectivity index (χ2n) is 3.26. The van der Waals surface area contributed by atoms with Crippen LogP contribution in [0.15, 0.2) is 0 Å². The van der Waals surface area contributed by atoms with Crippen LogP contribution in [0.1, 0.15) is 38.5 Å². The summed E-state index contributed by atoms with van der Waals surface area (Å²) < 4.78 is 0. The van der Waals surface area contributed by atoms with Crippen LogP contribution in [0, 0.1) is 5.92 Å². The van der Waals surface area contributed by atoms with Crippen LogP contribution in [-0.2, 0) is 4.79 Å². The summed E-state index contributed by atoms with van der Waals surface area (Å²) in [5.41, 5.74) is 2.15. The highest BCUT2D eigenvalue weighted by Gasteiger charge is 2.15. The van der Waals surface area contributed by atoms with Gasteiger partial charge >= 0.3 is 0 Å². The molecule has 0 aliphatic heterocycles. The first kappa shape index (κ1) is 8.53. The van der Waals surface area contributed by atoms with Gasteiger partial charge in [0.2, 0.25) is 5.91 Å². The van der Waals surface area contributed by atoms with Crippen molar-refractivity contribution in [2.75, 3.05) is 0 Å². The monoisotopic (exact) mass is 156 g/mol. The molecule has 0 radical (unpaired) electrons. The zero-order chi connectivity index (χ0) is 8.10. The van der Waals surface area contributed by atoms with E-state index in [9.17, 15) is 4.79 Å². The van der Waals surface area contributed by atoms with Crippen molar-refractivity contribution in [3.05, 3.63) is 0 Å². The molecule has 11 heavy (non-hydrogen) atoms. The number of nitrogens with one attached hydrogen (secondary N) is 1. The topological polar surface area (TPSA) is 55.1 Å². The van der Waals surface area contributed by atoms with Crippen LogP contribution >= 0.6 is 0 Å². The van der Waals surface area contributed by atoms with Gasteiger partial charge in [-0.15, -0.1) is 0 Å². The third kappa shape index (κ3) is 2.89. The average Bonchev–Trinajstić information content (AvgIpc) is 2.52. The van der Waals surface area contributed by atoms with Gasteiger partial charge in [0.05, 0.1) is 0 Å². The Bertz CT molecular complexity index is 130. The number of hydrazine groups is 1. The van der Waals surface area contributed by atoms with E-state index in [4.69, 9.17) is 5.84 Å². The summed E-state index contributed by atoms with van der Waals surface area (Å²) in [6, 6.07) is 0. The molecule has 0 spiro atoms. The molecule has 0 bridgehead atoms. The lowest BCUT2D eigenvalue weighted by Crippen LogP contribution is -2.30. The summed E-state index contributed by atoms with van der Waals surface area (Å²) in [6.07, 6.45) is 6.91. The van der Waals surface area contributed by atoms with E-state index in [0.717, 1.165) is 12.3 Å². The number of nitrogens with two attached hydrogens (primary N) is 1. The van der Waals surface area contributed by atoms with Crippen molar-refractivity contribution < 1.29 is 4.79 Å². The summed E-state index contributed by atoms with van der Waals surface area (Å²) in [4.78, 5) is 10.7. The summed E-state index contributed by atoms with van der Waals surface area (Å²) in [7, 11) is 0. The molecule has 1 rings (SSSR count). The van der Waals surface area contributed by atoms with Crippen molar-refractivity contribution in [2.45, 2.75) is 38.5 Å². The standard InChI is InChI=1S/C8H16N2O/c9-10-8(11)6-5-7-3-1-2-4-7/h7H,1-6,9H2,(H,10,11). The fourth-order valence-electron chi connectivity index (χ4n) is 1.71. The van der Waals surface area contributed by atoms with Crippen LogP contribution in [0.5, 0.6) is 0 Å². The van der Waals surface area contributed by atoms with E-state index in [1.54, 1.807) is 0 Å². The molecule has 0 heterocycles. The zero-order valence-corrected chi connectivity index (χ0v) is 6.81. The highest BCUT2D eigenvalue weighted by molar-refractivity contribution is 5.75. The van der Waals surface area contributed by atoms with Crippen LogP contribution in [0.4, 0.5) is 0 Å². The minimum absolute atomic E-state index is 0.0306. The van der Waals surface area contributed by atoms with Gasteiger partial charge in [0, 0.05) is 6.42 Å². The lowest BCUT2D eigenvalue weighted by atomic mass is 10.0. The van der Waals surface area contributed by atoms with Crippen molar-refractivity contribution in [3.63, 3.8) is 0 Å². The predicted molar refractivity (Wildman–Crippen MR) is 43.5 cm³/mol. The summed E-state index contributed by atoms with van der Waals surface area (Å²) >= 11 is 0. The third-order valence-electron chi connectivity index (χ3n) is 2.42. The Kier molecular flexibility index (Phi) is 3.36. The van der Waals surface area contributed by atoms with Crippen molar-refractivity contribution in [1.82, 2.24) is 5.43 Å². The molecule has 0 aromatic rings. The van der Waals surface area contributed by atoms with E-state index in [1.165, 1.54) is 25.7 Å². The second kappa shape index (κ2) is 4.34. The SMILES string of the molecule is NNC(=O)CCC1CCCC1. The van der Waals surface area contributed by atoms with Crippen molar-refractivity contribution in [2.24, 2.45) is 11.8 Å². The molecule has 3 nitrogen and oxygen atoms in total. The highest BCUT2D eigenvalue weighted by atomic mass is 16.2. The molecular weight excluding hydrogens is 140 g/mol. The molecule has 0 aromatic carbocycles. The minimum Gasteiger partial charge on any atom is -0.294 e. The molecule has 3 heteroatoms. The van der Waals surface area contributed by atoms with E-state index < -0.39 is 0 Å². The van der Waals surface area contributed by atoms with Gasteiger partial charge in [0.15, 0.2) is 0 Å². The average molecular weight is 156 g/mol. The Labute approximate surface area is 67.3 Å². The first-order valence-corrected chi connectivity index (χ1v) is 4.32. The number of carbonyl (C=O) groups excluding carboxylic acids is 1. The highest BCUT2D eigenvalue weighted by Crippen LogP contribution is 2.28. The van der Waals surface area contributed by atoms with E-state index in [-0.39, 0.29) is 5.91 Å². The molecular formula is C8H16N2O. The van der Waals surface area contributed by atoms with Crippen molar-refractivity contribution in [1.29, 1.82) is 0 Å². The van der Waals surface area contributed by atoms with Crippen LogP contribution in [-0.4, -0.2) is 5.91 Å². The Morgan fingerprint density at radius 2 is 2.09 bits per heavy atom. The Morgan fingerprint density at radius 3 is 2.64 bits per heavy atom. The molecule has 0 unspecified atom stereocenters. The van der Waals surface area contributed by atoms with Crippen LogP contribution in [0.3, 0.4) is 0 Å². The number of carbonyl (C=O) groups is 1. The third-order valence-corrected chi connectivity index (χ3v) is 2.42. The Morgan fingerprint density at radius 1 is 1.45 bits per heavy atom. The number of hydrogen-bond acceptors (Lipinski definition) is 2. The molecule has 1 aliphatic carbocycles. The molecule has 0 saturated heterocycles. The normalized spacial score (nSPS) is 18.6. The van der Waals surface area contributed by atoms with Gasteiger partial charge in [-0.3, -0.25) is 10.2 Å². The largest absolute Gasteiger partial charge is 0.294 e. The molecule has 0 atom stereocenters. The van der Waals surface area contributed by atoms with Gasteiger partial charge in [0.25, 0.3) is 0 Å². The summed E-state index contributed by atoms with van der Waals surface area (Å²) in [6.45, 7) is 0. The fraction of sp³-hybridized carbons (Fsp3) is 0.875. The molecule has 0 aromatic heterocycles. The van der Waals surface area contributed by atoms with E-state index in [1.807, 2.05) is 0 Å². The fourth-order valence-corrected chi connectivity index (χ4v) is 1.71. The van der Waals surface area contributed by atoms with E-state index in [0.29, 0.717) is 6.42 Å². The predicted octanol–water partition coefficient (Wildman–Crippen LogP) is 0.947. The van der Waals surface area contributed by atoms with Gasteiger partial charge in [-0.1, -0.05) is 25.7 Å². The maximum atomic E-state index is 10.7. The number of amides is 1. The molecule has 1 saturated carbocycles. The Hall–Kier alpha value is -0.570. The quantitative estimate of drug-likeness (QED) is 0.363. The lowest BCUT2D eigenvalue weighted by Gasteiger charge is -2.06. The van der Waals surface area contributed by atoms with Gasteiger partial charge < -0.3 is 0 Å². The van der Waals surface area contributed by atoms with E-state index >= 15 is 0 Å². The maximum Gasteiger partial charge on any atom is 0.233 e. The van der Waals surface area contributed by atoms with E-state index in [2.05, 4.69) is 5.43 Å². The van der Waals surface area contributed by atoms with Crippen LogP contribution in [0.25, 0.3) is 0 Å². The van der Waals surface area contributed by atoms with Crippen molar-refractivity contribution >= 4 is 5.91 Å². The second-order valence-corrected chi connectivity index (χ2v) is 3.26. The molecule has 1 amide bonds. The minimum atomic E-state index is -0.0306. The first-order chi connectivity index (χ1) is 5.33. The van der Waals surface area contributed by atoms with Crippen LogP contribution < -0.4 is 11.3 Å². The van der Waals surface area contributed by atoms with Gasteiger partial charge in [-0.2, -0.15) is 0 Å². The maximum absolute atomic E-state index is 10.7. The van der Waals surface area contributed by atoms with Crippen LogP contribution in [0.2, 0.25) is 0 Å².